The van der Waals surface area contributed by atoms with Crippen LogP contribution in [0.2, 0.25) is 0 Å². The predicted molar refractivity (Wildman–Crippen MR) is 51.4 cm³/mol. The molecule has 0 fully saturated rings. The molecule has 0 N–H and O–H groups in total. The molecule has 0 aliphatic carbocycles. The van der Waals surface area contributed by atoms with Crippen molar-refractivity contribution < 1.29 is 0 Å². The Hall–Kier alpha value is -0.960. The van der Waals surface area contributed by atoms with Crippen molar-refractivity contribution in [3.8, 4) is 0 Å². The van der Waals surface area contributed by atoms with E-state index in [1.807, 2.05) is 24.0 Å². The minimum atomic E-state index is 0.970. The van der Waals surface area contributed by atoms with Gasteiger partial charge in [0.05, 0.1) is 5.88 Å². The van der Waals surface area contributed by atoms with Crippen LogP contribution in [-0.4, -0.2) is 15.8 Å². The maximum absolute atomic E-state index is 4.07. The SMILES string of the molecule is C1=CN(Cc2cccnc2)CS1. The van der Waals surface area contributed by atoms with Gasteiger partial charge in [-0.1, -0.05) is 6.07 Å². The number of pyridine rings is 1. The summed E-state index contributed by atoms with van der Waals surface area (Å²) in [5.74, 6) is 1.06. The van der Waals surface area contributed by atoms with E-state index in [1.54, 1.807) is 6.20 Å². The van der Waals surface area contributed by atoms with E-state index in [4.69, 9.17) is 0 Å². The Morgan fingerprint density at radius 2 is 2.58 bits per heavy atom. The molecule has 0 saturated heterocycles. The molecular formula is C9H10N2S. The van der Waals surface area contributed by atoms with Gasteiger partial charge in [0.2, 0.25) is 0 Å². The van der Waals surface area contributed by atoms with Crippen molar-refractivity contribution >= 4 is 11.8 Å². The van der Waals surface area contributed by atoms with Crippen molar-refractivity contribution in [1.82, 2.24) is 9.88 Å². The predicted octanol–water partition coefficient (Wildman–Crippen LogP) is 2.06. The van der Waals surface area contributed by atoms with Crippen molar-refractivity contribution in [2.75, 3.05) is 5.88 Å². The fourth-order valence-electron chi connectivity index (χ4n) is 1.14. The van der Waals surface area contributed by atoms with E-state index < -0.39 is 0 Å². The Bertz CT molecular complexity index is 271. The van der Waals surface area contributed by atoms with Crippen LogP contribution in [0.5, 0.6) is 0 Å². The highest BCUT2D eigenvalue weighted by atomic mass is 32.2. The standard InChI is InChI=1S/C9H10N2S/c1-2-9(6-10-3-1)7-11-4-5-12-8-11/h1-6H,7-8H2. The van der Waals surface area contributed by atoms with Gasteiger partial charge in [-0.05, 0) is 17.0 Å². The Morgan fingerprint density at radius 3 is 3.25 bits per heavy atom. The first-order valence-electron chi connectivity index (χ1n) is 3.86. The van der Waals surface area contributed by atoms with Crippen LogP contribution >= 0.6 is 11.8 Å². The number of rotatable bonds is 2. The third-order valence-corrected chi connectivity index (χ3v) is 2.51. The highest BCUT2D eigenvalue weighted by molar-refractivity contribution is 8.02. The summed E-state index contributed by atoms with van der Waals surface area (Å²) in [5.41, 5.74) is 1.27. The van der Waals surface area contributed by atoms with Crippen molar-refractivity contribution in [2.24, 2.45) is 0 Å². The van der Waals surface area contributed by atoms with Crippen LogP contribution < -0.4 is 0 Å². The summed E-state index contributed by atoms with van der Waals surface area (Å²) in [7, 11) is 0. The molecule has 1 aromatic heterocycles. The molecule has 0 unspecified atom stereocenters. The molecule has 62 valence electrons. The summed E-state index contributed by atoms with van der Waals surface area (Å²) in [6.07, 6.45) is 5.84. The summed E-state index contributed by atoms with van der Waals surface area (Å²) >= 11 is 1.83. The summed E-state index contributed by atoms with van der Waals surface area (Å²) in [4.78, 5) is 6.33. The average molecular weight is 178 g/mol. The summed E-state index contributed by atoms with van der Waals surface area (Å²) in [6.45, 7) is 0.970. The topological polar surface area (TPSA) is 16.1 Å². The zero-order valence-corrected chi connectivity index (χ0v) is 7.50. The monoisotopic (exact) mass is 178 g/mol. The zero-order chi connectivity index (χ0) is 8.23. The number of aromatic nitrogens is 1. The fraction of sp³-hybridized carbons (Fsp3) is 0.222. The maximum atomic E-state index is 4.07. The molecule has 2 nitrogen and oxygen atoms in total. The zero-order valence-electron chi connectivity index (χ0n) is 6.68. The lowest BCUT2D eigenvalue weighted by Crippen LogP contribution is -2.12. The lowest BCUT2D eigenvalue weighted by molar-refractivity contribution is 0.440. The first kappa shape index (κ1) is 7.68. The molecular weight excluding hydrogens is 168 g/mol. The molecule has 0 bridgehead atoms. The number of hydrogen-bond donors (Lipinski definition) is 0. The summed E-state index contributed by atoms with van der Waals surface area (Å²) in [6, 6.07) is 4.08. The molecule has 12 heavy (non-hydrogen) atoms. The van der Waals surface area contributed by atoms with Gasteiger partial charge in [-0.3, -0.25) is 4.98 Å². The molecule has 3 heteroatoms. The maximum Gasteiger partial charge on any atom is 0.0678 e. The van der Waals surface area contributed by atoms with E-state index in [1.165, 1.54) is 5.56 Å². The molecule has 0 saturated carbocycles. The Kier molecular flexibility index (Phi) is 2.32. The highest BCUT2D eigenvalue weighted by Gasteiger charge is 2.04. The highest BCUT2D eigenvalue weighted by Crippen LogP contribution is 2.17. The van der Waals surface area contributed by atoms with E-state index in [9.17, 15) is 0 Å². The second-order valence-corrected chi connectivity index (χ2v) is 3.55. The molecule has 0 atom stereocenters. The molecule has 2 rings (SSSR count). The van der Waals surface area contributed by atoms with Crippen molar-refractivity contribution in [1.29, 1.82) is 0 Å². The smallest absolute Gasteiger partial charge is 0.0678 e. The first-order chi connectivity index (χ1) is 5.95. The van der Waals surface area contributed by atoms with Gasteiger partial charge in [-0.2, -0.15) is 0 Å². The minimum Gasteiger partial charge on any atom is -0.363 e. The van der Waals surface area contributed by atoms with Crippen molar-refractivity contribution in [2.45, 2.75) is 6.54 Å². The van der Waals surface area contributed by atoms with E-state index in [2.05, 4.69) is 27.6 Å². The molecule has 1 aliphatic rings. The first-order valence-corrected chi connectivity index (χ1v) is 4.91. The van der Waals surface area contributed by atoms with Gasteiger partial charge in [0.1, 0.15) is 0 Å². The van der Waals surface area contributed by atoms with Gasteiger partial charge in [-0.25, -0.2) is 0 Å². The van der Waals surface area contributed by atoms with Gasteiger partial charge in [0, 0.05) is 25.1 Å². The molecule has 1 aliphatic heterocycles. The molecule has 0 amide bonds. The van der Waals surface area contributed by atoms with E-state index >= 15 is 0 Å². The van der Waals surface area contributed by atoms with Gasteiger partial charge in [0.25, 0.3) is 0 Å². The van der Waals surface area contributed by atoms with Crippen molar-refractivity contribution in [3.63, 3.8) is 0 Å². The fourth-order valence-corrected chi connectivity index (χ4v) is 1.85. The molecule has 0 radical (unpaired) electrons. The largest absolute Gasteiger partial charge is 0.363 e. The van der Waals surface area contributed by atoms with Gasteiger partial charge in [0.15, 0.2) is 0 Å². The second-order valence-electron chi connectivity index (χ2n) is 2.69. The van der Waals surface area contributed by atoms with Crippen LogP contribution in [-0.2, 0) is 6.54 Å². The van der Waals surface area contributed by atoms with Crippen molar-refractivity contribution in [3.05, 3.63) is 41.7 Å². The quantitative estimate of drug-likeness (QED) is 0.689. The Balaban J connectivity index is 1.99. The van der Waals surface area contributed by atoms with Crippen LogP contribution in [0.4, 0.5) is 0 Å². The van der Waals surface area contributed by atoms with Crippen LogP contribution in [0.15, 0.2) is 36.1 Å². The number of hydrogen-bond acceptors (Lipinski definition) is 3. The number of nitrogens with zero attached hydrogens (tertiary/aromatic N) is 2. The lowest BCUT2D eigenvalue weighted by atomic mass is 10.3. The second kappa shape index (κ2) is 3.63. The van der Waals surface area contributed by atoms with Gasteiger partial charge in [-0.15, -0.1) is 11.8 Å². The van der Waals surface area contributed by atoms with Crippen LogP contribution in [0.3, 0.4) is 0 Å². The Labute approximate surface area is 76.3 Å². The lowest BCUT2D eigenvalue weighted by Gasteiger charge is -2.13. The summed E-state index contributed by atoms with van der Waals surface area (Å²) < 4.78 is 0. The van der Waals surface area contributed by atoms with Crippen LogP contribution in [0.25, 0.3) is 0 Å². The normalized spacial score (nSPS) is 15.5. The van der Waals surface area contributed by atoms with Gasteiger partial charge < -0.3 is 4.90 Å². The molecule has 0 spiro atoms. The van der Waals surface area contributed by atoms with E-state index in [0.29, 0.717) is 0 Å². The third-order valence-electron chi connectivity index (χ3n) is 1.72. The van der Waals surface area contributed by atoms with Gasteiger partial charge >= 0.3 is 0 Å². The van der Waals surface area contributed by atoms with E-state index in [0.717, 1.165) is 12.4 Å². The molecule has 2 heterocycles. The third kappa shape index (κ3) is 1.80. The van der Waals surface area contributed by atoms with E-state index in [-0.39, 0.29) is 0 Å². The number of thioether (sulfide) groups is 1. The minimum absolute atomic E-state index is 0.970. The summed E-state index contributed by atoms with van der Waals surface area (Å²) in [5, 5.41) is 2.12. The molecule has 0 aromatic carbocycles. The van der Waals surface area contributed by atoms with Crippen LogP contribution in [0.1, 0.15) is 5.56 Å². The average Bonchev–Trinajstić information content (AvgIpc) is 2.59. The van der Waals surface area contributed by atoms with Crippen LogP contribution in [0, 0.1) is 0 Å². The Morgan fingerprint density at radius 1 is 1.58 bits per heavy atom. The molecule has 1 aromatic rings.